The third-order valence-electron chi connectivity index (χ3n) is 6.92. The van der Waals surface area contributed by atoms with Gasteiger partial charge in [0.1, 0.15) is 6.04 Å². The SMILES string of the molecule is CCC(C)C(NC(=O)C1CCCCN1C)C(=O)N(Cc1ccccc1)[C@H](CCO)C(C)C. The molecule has 0 saturated carbocycles. The first kappa shape index (κ1) is 26.3. The van der Waals surface area contributed by atoms with E-state index in [0.29, 0.717) is 13.0 Å². The number of aliphatic hydroxyl groups excluding tert-OH is 1. The first-order chi connectivity index (χ1) is 15.3. The van der Waals surface area contributed by atoms with E-state index in [1.54, 1.807) is 0 Å². The largest absolute Gasteiger partial charge is 0.396 e. The summed E-state index contributed by atoms with van der Waals surface area (Å²) in [4.78, 5) is 31.2. The Balaban J connectivity index is 2.32. The first-order valence-electron chi connectivity index (χ1n) is 12.3. The molecule has 32 heavy (non-hydrogen) atoms. The van der Waals surface area contributed by atoms with Gasteiger partial charge in [0.05, 0.1) is 6.04 Å². The number of aliphatic hydroxyl groups is 1. The van der Waals surface area contributed by atoms with Crippen LogP contribution >= 0.6 is 0 Å². The van der Waals surface area contributed by atoms with Crippen molar-refractivity contribution in [2.45, 2.75) is 84.5 Å². The minimum absolute atomic E-state index is 0.0144. The van der Waals surface area contributed by atoms with Gasteiger partial charge in [0, 0.05) is 19.2 Å². The number of likely N-dealkylation sites (tertiary alicyclic amines) is 1. The number of piperidine rings is 1. The second-order valence-electron chi connectivity index (χ2n) is 9.64. The van der Waals surface area contributed by atoms with E-state index in [4.69, 9.17) is 0 Å². The lowest BCUT2D eigenvalue weighted by atomic mass is 9.93. The Hall–Kier alpha value is -1.92. The summed E-state index contributed by atoms with van der Waals surface area (Å²) in [6, 6.07) is 9.09. The van der Waals surface area contributed by atoms with Crippen LogP contribution in [0.4, 0.5) is 0 Å². The Morgan fingerprint density at radius 1 is 1.19 bits per heavy atom. The fourth-order valence-corrected chi connectivity index (χ4v) is 4.64. The molecule has 1 aromatic carbocycles. The maximum Gasteiger partial charge on any atom is 0.245 e. The van der Waals surface area contributed by atoms with Gasteiger partial charge in [0.25, 0.3) is 0 Å². The molecule has 0 spiro atoms. The molecule has 1 fully saturated rings. The number of nitrogens with one attached hydrogen (secondary N) is 1. The van der Waals surface area contributed by atoms with Crippen molar-refractivity contribution in [2.24, 2.45) is 11.8 Å². The predicted molar refractivity (Wildman–Crippen MR) is 129 cm³/mol. The van der Waals surface area contributed by atoms with Crippen LogP contribution in [0.3, 0.4) is 0 Å². The number of amides is 2. The third-order valence-corrected chi connectivity index (χ3v) is 6.92. The number of likely N-dealkylation sites (N-methyl/N-ethyl adjacent to an activating group) is 1. The standard InChI is InChI=1S/C26H43N3O3/c1-6-20(4)24(27-25(31)23-14-10-11-16-28(23)5)26(32)29(22(15-17-30)19(2)3)18-21-12-8-7-9-13-21/h7-9,12-13,19-20,22-24,30H,6,10-11,14-18H2,1-5H3,(H,27,31)/t20?,22-,23?,24?/m1/s1. The quantitative estimate of drug-likeness (QED) is 0.547. The Morgan fingerprint density at radius 3 is 2.44 bits per heavy atom. The second kappa shape index (κ2) is 12.9. The highest BCUT2D eigenvalue weighted by molar-refractivity contribution is 5.90. The summed E-state index contributed by atoms with van der Waals surface area (Å²) in [5.41, 5.74) is 1.05. The van der Waals surface area contributed by atoms with E-state index >= 15 is 0 Å². The molecule has 0 radical (unpaired) electrons. The molecule has 6 nitrogen and oxygen atoms in total. The zero-order chi connectivity index (χ0) is 23.7. The van der Waals surface area contributed by atoms with Crippen molar-refractivity contribution in [1.82, 2.24) is 15.1 Å². The summed E-state index contributed by atoms with van der Waals surface area (Å²) in [6.07, 6.45) is 4.29. The molecule has 2 amide bonds. The van der Waals surface area contributed by atoms with Crippen LogP contribution in [0.5, 0.6) is 0 Å². The van der Waals surface area contributed by atoms with Crippen molar-refractivity contribution < 1.29 is 14.7 Å². The smallest absolute Gasteiger partial charge is 0.245 e. The van der Waals surface area contributed by atoms with E-state index in [2.05, 4.69) is 31.0 Å². The fourth-order valence-electron chi connectivity index (χ4n) is 4.64. The number of hydrogen-bond acceptors (Lipinski definition) is 4. The van der Waals surface area contributed by atoms with Gasteiger partial charge in [0.15, 0.2) is 0 Å². The van der Waals surface area contributed by atoms with Crippen LogP contribution in [-0.2, 0) is 16.1 Å². The van der Waals surface area contributed by atoms with Gasteiger partial charge in [-0.15, -0.1) is 0 Å². The lowest BCUT2D eigenvalue weighted by Gasteiger charge is -2.39. The molecule has 1 aromatic rings. The highest BCUT2D eigenvalue weighted by Gasteiger charge is 2.36. The third kappa shape index (κ3) is 7.04. The number of carbonyl (C=O) groups excluding carboxylic acids is 2. The van der Waals surface area contributed by atoms with Crippen LogP contribution in [-0.4, -0.2) is 65.0 Å². The Morgan fingerprint density at radius 2 is 1.88 bits per heavy atom. The number of nitrogens with zero attached hydrogens (tertiary/aromatic N) is 2. The summed E-state index contributed by atoms with van der Waals surface area (Å²) < 4.78 is 0. The van der Waals surface area contributed by atoms with Gasteiger partial charge in [-0.3, -0.25) is 14.5 Å². The minimum Gasteiger partial charge on any atom is -0.396 e. The minimum atomic E-state index is -0.577. The van der Waals surface area contributed by atoms with Crippen LogP contribution < -0.4 is 5.32 Å². The van der Waals surface area contributed by atoms with Gasteiger partial charge in [-0.25, -0.2) is 0 Å². The van der Waals surface area contributed by atoms with E-state index in [0.717, 1.165) is 37.8 Å². The summed E-state index contributed by atoms with van der Waals surface area (Å²) in [5.74, 6) is 0.101. The molecule has 3 unspecified atom stereocenters. The second-order valence-corrected chi connectivity index (χ2v) is 9.64. The lowest BCUT2D eigenvalue weighted by molar-refractivity contribution is -0.143. The molecule has 0 bridgehead atoms. The van der Waals surface area contributed by atoms with E-state index in [9.17, 15) is 14.7 Å². The van der Waals surface area contributed by atoms with Gasteiger partial charge in [-0.2, -0.15) is 0 Å². The zero-order valence-corrected chi connectivity index (χ0v) is 20.6. The average Bonchev–Trinajstić information content (AvgIpc) is 2.79. The van der Waals surface area contributed by atoms with Gasteiger partial charge >= 0.3 is 0 Å². The first-order valence-corrected chi connectivity index (χ1v) is 12.3. The van der Waals surface area contributed by atoms with Gasteiger partial charge in [0.2, 0.25) is 11.8 Å². The van der Waals surface area contributed by atoms with Crippen molar-refractivity contribution in [3.05, 3.63) is 35.9 Å². The molecule has 1 aliphatic heterocycles. The molecule has 1 aliphatic rings. The van der Waals surface area contributed by atoms with Crippen LogP contribution in [0.15, 0.2) is 30.3 Å². The van der Waals surface area contributed by atoms with E-state index in [1.165, 1.54) is 0 Å². The van der Waals surface area contributed by atoms with Crippen LogP contribution in [0.25, 0.3) is 0 Å². The summed E-state index contributed by atoms with van der Waals surface area (Å²) in [6.45, 7) is 9.65. The highest BCUT2D eigenvalue weighted by atomic mass is 16.3. The summed E-state index contributed by atoms with van der Waals surface area (Å²) in [7, 11) is 1.99. The van der Waals surface area contributed by atoms with Crippen LogP contribution in [0.2, 0.25) is 0 Å². The Labute approximate surface area is 194 Å². The Bertz CT molecular complexity index is 710. The van der Waals surface area contributed by atoms with Gasteiger partial charge in [-0.1, -0.05) is 70.9 Å². The van der Waals surface area contributed by atoms with Crippen molar-refractivity contribution in [3.8, 4) is 0 Å². The number of benzene rings is 1. The molecule has 6 heteroatoms. The van der Waals surface area contributed by atoms with Gasteiger partial charge < -0.3 is 15.3 Å². The van der Waals surface area contributed by atoms with Crippen LogP contribution in [0.1, 0.15) is 65.4 Å². The molecule has 0 aromatic heterocycles. The van der Waals surface area contributed by atoms with Gasteiger partial charge in [-0.05, 0) is 50.3 Å². The zero-order valence-electron chi connectivity index (χ0n) is 20.6. The van der Waals surface area contributed by atoms with E-state index in [1.807, 2.05) is 49.2 Å². The van der Waals surface area contributed by atoms with E-state index in [-0.39, 0.29) is 42.3 Å². The lowest BCUT2D eigenvalue weighted by Crippen LogP contribution is -2.58. The molecule has 180 valence electrons. The van der Waals surface area contributed by atoms with Crippen molar-refractivity contribution >= 4 is 11.8 Å². The molecule has 0 aliphatic carbocycles. The fraction of sp³-hybridized carbons (Fsp3) is 0.692. The normalized spacial score (nSPS) is 19.9. The number of hydrogen-bond donors (Lipinski definition) is 2. The average molecular weight is 446 g/mol. The Kier molecular flexibility index (Phi) is 10.7. The maximum atomic E-state index is 14.0. The molecular formula is C26H43N3O3. The topological polar surface area (TPSA) is 72.9 Å². The van der Waals surface area contributed by atoms with Crippen molar-refractivity contribution in [3.63, 3.8) is 0 Å². The monoisotopic (exact) mass is 445 g/mol. The molecular weight excluding hydrogens is 402 g/mol. The number of carbonyl (C=O) groups is 2. The predicted octanol–water partition coefficient (Wildman–Crippen LogP) is 3.44. The van der Waals surface area contributed by atoms with Crippen molar-refractivity contribution in [1.29, 1.82) is 0 Å². The highest BCUT2D eigenvalue weighted by Crippen LogP contribution is 2.23. The summed E-state index contributed by atoms with van der Waals surface area (Å²) in [5, 5.41) is 12.8. The van der Waals surface area contributed by atoms with E-state index < -0.39 is 6.04 Å². The molecule has 2 rings (SSSR count). The molecule has 1 saturated heterocycles. The molecule has 2 N–H and O–H groups in total. The summed E-state index contributed by atoms with van der Waals surface area (Å²) >= 11 is 0. The van der Waals surface area contributed by atoms with Crippen LogP contribution in [0, 0.1) is 11.8 Å². The number of rotatable bonds is 11. The molecule has 4 atom stereocenters. The maximum absolute atomic E-state index is 14.0. The molecule has 1 heterocycles. The van der Waals surface area contributed by atoms with Crippen molar-refractivity contribution in [2.75, 3.05) is 20.2 Å².